The SMILES string of the molecule is Cc1ccc(-n2c(SCc3cc(=O)n4ccccc4n3)nnc2N2CCCCC2)cc1. The minimum atomic E-state index is -0.0739. The van der Waals surface area contributed by atoms with Crippen molar-refractivity contribution in [3.05, 3.63) is 76.3 Å². The van der Waals surface area contributed by atoms with Gasteiger partial charge in [-0.2, -0.15) is 0 Å². The van der Waals surface area contributed by atoms with E-state index in [0.29, 0.717) is 11.4 Å². The summed E-state index contributed by atoms with van der Waals surface area (Å²) >= 11 is 1.55. The number of piperidine rings is 1. The maximum absolute atomic E-state index is 12.4. The van der Waals surface area contributed by atoms with E-state index in [2.05, 4.69) is 55.8 Å². The zero-order chi connectivity index (χ0) is 21.2. The van der Waals surface area contributed by atoms with Crippen molar-refractivity contribution in [1.82, 2.24) is 24.1 Å². The predicted molar refractivity (Wildman–Crippen MR) is 123 cm³/mol. The molecule has 1 aliphatic rings. The van der Waals surface area contributed by atoms with Crippen molar-refractivity contribution in [1.29, 1.82) is 0 Å². The molecule has 1 saturated heterocycles. The van der Waals surface area contributed by atoms with Gasteiger partial charge in [0.15, 0.2) is 5.16 Å². The molecule has 4 heterocycles. The Kier molecular flexibility index (Phi) is 5.46. The molecule has 0 spiro atoms. The second kappa shape index (κ2) is 8.55. The molecule has 4 aromatic rings. The summed E-state index contributed by atoms with van der Waals surface area (Å²) in [6.07, 6.45) is 5.35. The van der Waals surface area contributed by atoms with E-state index in [1.165, 1.54) is 24.8 Å². The Morgan fingerprint density at radius 1 is 1.00 bits per heavy atom. The number of rotatable bonds is 5. The van der Waals surface area contributed by atoms with Gasteiger partial charge in [-0.3, -0.25) is 13.8 Å². The highest BCUT2D eigenvalue weighted by Crippen LogP contribution is 2.29. The van der Waals surface area contributed by atoms with Crippen LogP contribution in [0.25, 0.3) is 11.3 Å². The summed E-state index contributed by atoms with van der Waals surface area (Å²) in [5.41, 5.74) is 3.57. The fourth-order valence-electron chi connectivity index (χ4n) is 3.89. The van der Waals surface area contributed by atoms with Gasteiger partial charge in [0, 0.05) is 31.1 Å². The number of thioether (sulfide) groups is 1. The van der Waals surface area contributed by atoms with Gasteiger partial charge in [0.05, 0.1) is 11.4 Å². The van der Waals surface area contributed by atoms with Crippen molar-refractivity contribution in [2.45, 2.75) is 37.1 Å². The van der Waals surface area contributed by atoms with Crippen molar-refractivity contribution < 1.29 is 0 Å². The van der Waals surface area contributed by atoms with Gasteiger partial charge in [-0.15, -0.1) is 10.2 Å². The molecular weight excluding hydrogens is 408 g/mol. The Morgan fingerprint density at radius 3 is 2.61 bits per heavy atom. The summed E-state index contributed by atoms with van der Waals surface area (Å²) in [5, 5.41) is 9.87. The molecule has 0 saturated carbocycles. The van der Waals surface area contributed by atoms with Crippen LogP contribution in [-0.2, 0) is 5.75 Å². The van der Waals surface area contributed by atoms with E-state index >= 15 is 0 Å². The lowest BCUT2D eigenvalue weighted by molar-refractivity contribution is 0.564. The van der Waals surface area contributed by atoms with Crippen LogP contribution in [0, 0.1) is 6.92 Å². The normalized spacial score (nSPS) is 14.3. The molecule has 1 fully saturated rings. The highest BCUT2D eigenvalue weighted by Gasteiger charge is 2.21. The zero-order valence-corrected chi connectivity index (χ0v) is 18.3. The van der Waals surface area contributed by atoms with E-state index in [1.807, 2.05) is 18.2 Å². The maximum atomic E-state index is 12.4. The first kappa shape index (κ1) is 19.8. The van der Waals surface area contributed by atoms with E-state index < -0.39 is 0 Å². The molecule has 1 aromatic carbocycles. The third-order valence-corrected chi connectivity index (χ3v) is 6.48. The van der Waals surface area contributed by atoms with Gasteiger partial charge in [-0.25, -0.2) is 4.98 Å². The topological polar surface area (TPSA) is 68.3 Å². The minimum Gasteiger partial charge on any atom is -0.341 e. The lowest BCUT2D eigenvalue weighted by atomic mass is 10.1. The molecule has 8 heteroatoms. The number of aryl methyl sites for hydroxylation is 1. The highest BCUT2D eigenvalue weighted by atomic mass is 32.2. The van der Waals surface area contributed by atoms with Gasteiger partial charge in [0.25, 0.3) is 5.56 Å². The molecule has 158 valence electrons. The van der Waals surface area contributed by atoms with E-state index in [1.54, 1.807) is 28.4 Å². The second-order valence-corrected chi connectivity index (χ2v) is 8.75. The molecule has 1 aliphatic heterocycles. The molecule has 0 aliphatic carbocycles. The van der Waals surface area contributed by atoms with Crippen molar-refractivity contribution in [2.75, 3.05) is 18.0 Å². The summed E-state index contributed by atoms with van der Waals surface area (Å²) in [6.45, 7) is 4.08. The molecule has 31 heavy (non-hydrogen) atoms. The quantitative estimate of drug-likeness (QED) is 0.446. The Balaban J connectivity index is 1.48. The van der Waals surface area contributed by atoms with Crippen LogP contribution in [0.5, 0.6) is 0 Å². The number of nitrogens with zero attached hydrogens (tertiary/aromatic N) is 6. The van der Waals surface area contributed by atoms with Crippen LogP contribution in [-0.4, -0.2) is 37.2 Å². The van der Waals surface area contributed by atoms with Gasteiger partial charge in [-0.1, -0.05) is 35.5 Å². The van der Waals surface area contributed by atoms with E-state index in [4.69, 9.17) is 0 Å². The van der Waals surface area contributed by atoms with Crippen LogP contribution in [0.15, 0.2) is 64.7 Å². The fraction of sp³-hybridized carbons (Fsp3) is 0.304. The van der Waals surface area contributed by atoms with Gasteiger partial charge in [-0.05, 0) is 50.5 Å². The molecule has 0 N–H and O–H groups in total. The third kappa shape index (κ3) is 4.07. The number of fused-ring (bicyclic) bond motifs is 1. The first-order valence-corrected chi connectivity index (χ1v) is 11.6. The second-order valence-electron chi connectivity index (χ2n) is 7.80. The number of hydrogen-bond acceptors (Lipinski definition) is 6. The van der Waals surface area contributed by atoms with Crippen molar-refractivity contribution in [3.63, 3.8) is 0 Å². The lowest BCUT2D eigenvalue weighted by Crippen LogP contribution is -2.31. The maximum Gasteiger partial charge on any atom is 0.258 e. The Morgan fingerprint density at radius 2 is 1.81 bits per heavy atom. The van der Waals surface area contributed by atoms with Gasteiger partial charge in [0.1, 0.15) is 5.65 Å². The number of hydrogen-bond donors (Lipinski definition) is 0. The predicted octanol–water partition coefficient (Wildman–Crippen LogP) is 3.87. The van der Waals surface area contributed by atoms with E-state index in [9.17, 15) is 4.79 Å². The average Bonchev–Trinajstić information content (AvgIpc) is 3.23. The lowest BCUT2D eigenvalue weighted by Gasteiger charge is -2.27. The third-order valence-electron chi connectivity index (χ3n) is 5.52. The van der Waals surface area contributed by atoms with Gasteiger partial charge < -0.3 is 4.90 Å². The van der Waals surface area contributed by atoms with Gasteiger partial charge >= 0.3 is 0 Å². The smallest absolute Gasteiger partial charge is 0.258 e. The number of anilines is 1. The Hall–Kier alpha value is -3.13. The first-order valence-electron chi connectivity index (χ1n) is 10.6. The molecule has 0 unspecified atom stereocenters. The Labute approximate surface area is 184 Å². The summed E-state index contributed by atoms with van der Waals surface area (Å²) in [5.74, 6) is 1.43. The molecule has 0 atom stereocenters. The Bertz CT molecular complexity index is 1260. The molecule has 0 radical (unpaired) electrons. The van der Waals surface area contributed by atoms with Crippen molar-refractivity contribution >= 4 is 23.4 Å². The van der Waals surface area contributed by atoms with Crippen molar-refractivity contribution in [2.24, 2.45) is 0 Å². The molecule has 7 nitrogen and oxygen atoms in total. The minimum absolute atomic E-state index is 0.0739. The van der Waals surface area contributed by atoms with Crippen molar-refractivity contribution in [3.8, 4) is 5.69 Å². The summed E-state index contributed by atoms with van der Waals surface area (Å²) in [4.78, 5) is 19.4. The van der Waals surface area contributed by atoms with Crippen LogP contribution in [0.2, 0.25) is 0 Å². The molecule has 0 amide bonds. The molecular formula is C23H24N6OS. The summed E-state index contributed by atoms with van der Waals surface area (Å²) in [7, 11) is 0. The molecule has 5 rings (SSSR count). The zero-order valence-electron chi connectivity index (χ0n) is 17.4. The van der Waals surface area contributed by atoms with Crippen LogP contribution < -0.4 is 10.5 Å². The van der Waals surface area contributed by atoms with E-state index in [0.717, 1.165) is 35.6 Å². The van der Waals surface area contributed by atoms with Crippen LogP contribution >= 0.6 is 11.8 Å². The number of benzene rings is 1. The highest BCUT2D eigenvalue weighted by molar-refractivity contribution is 7.98. The number of aromatic nitrogens is 5. The summed E-state index contributed by atoms with van der Waals surface area (Å²) < 4.78 is 3.68. The molecule has 3 aromatic heterocycles. The van der Waals surface area contributed by atoms with E-state index in [-0.39, 0.29) is 5.56 Å². The standard InChI is InChI=1S/C23H24N6OS/c1-17-8-10-19(11-9-17)29-22(27-12-4-2-5-13-27)25-26-23(29)31-16-18-15-21(30)28-14-6-3-7-20(28)24-18/h3,6-11,14-15H,2,4-5,12-13,16H2,1H3. The largest absolute Gasteiger partial charge is 0.341 e. The van der Waals surface area contributed by atoms with Crippen LogP contribution in [0.4, 0.5) is 5.95 Å². The first-order chi connectivity index (χ1) is 15.2. The van der Waals surface area contributed by atoms with Crippen LogP contribution in [0.1, 0.15) is 30.5 Å². The number of pyridine rings is 1. The monoisotopic (exact) mass is 432 g/mol. The fourth-order valence-corrected chi connectivity index (χ4v) is 4.73. The molecule has 0 bridgehead atoms. The summed E-state index contributed by atoms with van der Waals surface area (Å²) in [6, 6.07) is 15.6. The van der Waals surface area contributed by atoms with Crippen LogP contribution in [0.3, 0.4) is 0 Å². The van der Waals surface area contributed by atoms with Gasteiger partial charge in [0.2, 0.25) is 5.95 Å². The average molecular weight is 433 g/mol.